The molecule has 0 spiro atoms. The molecule has 6 aromatic rings. The molecule has 6 aromatic carbocycles. The summed E-state index contributed by atoms with van der Waals surface area (Å²) in [5.41, 5.74) is 9.24. The summed E-state index contributed by atoms with van der Waals surface area (Å²) in [6, 6.07) is 49.7. The van der Waals surface area contributed by atoms with Gasteiger partial charge in [-0.25, -0.2) is 9.13 Å². The number of benzene rings is 6. The van der Waals surface area contributed by atoms with Crippen LogP contribution in [0.1, 0.15) is 51.5 Å². The van der Waals surface area contributed by atoms with Crippen LogP contribution in [0, 0.1) is 0 Å². The van der Waals surface area contributed by atoms with Crippen molar-refractivity contribution in [2.24, 2.45) is 0 Å². The van der Waals surface area contributed by atoms with Gasteiger partial charge in [0.05, 0.1) is 26.4 Å². The molecule has 62 heavy (non-hydrogen) atoms. The third kappa shape index (κ3) is 8.43. The Morgan fingerprint density at radius 3 is 1.47 bits per heavy atom. The molecule has 0 bridgehead atoms. The van der Waals surface area contributed by atoms with Crippen molar-refractivity contribution < 1.29 is 56.0 Å². The third-order valence-electron chi connectivity index (χ3n) is 11.9. The maximum Gasteiger partial charge on any atom is 0.472 e. The Hall–Kier alpha value is -4.62. The molecule has 0 aromatic heterocycles. The maximum atomic E-state index is 14.3. The Balaban J connectivity index is 0.961. The van der Waals surface area contributed by atoms with Crippen molar-refractivity contribution in [2.75, 3.05) is 19.8 Å². The molecule has 2 fully saturated rings. The van der Waals surface area contributed by atoms with Crippen LogP contribution in [0.2, 0.25) is 0 Å². The van der Waals surface area contributed by atoms with Crippen molar-refractivity contribution >= 4 is 15.6 Å². The first-order valence-electron chi connectivity index (χ1n) is 20.5. The van der Waals surface area contributed by atoms with Gasteiger partial charge in [0.2, 0.25) is 0 Å². The molecule has 12 nitrogen and oxygen atoms in total. The van der Waals surface area contributed by atoms with E-state index in [-0.39, 0.29) is 38.3 Å². The second-order valence-corrected chi connectivity index (χ2v) is 18.5. The van der Waals surface area contributed by atoms with Gasteiger partial charge in [-0.3, -0.25) is 18.1 Å². The van der Waals surface area contributed by atoms with E-state index in [1.54, 1.807) is 0 Å². The van der Waals surface area contributed by atoms with Crippen LogP contribution < -0.4 is 0 Å². The van der Waals surface area contributed by atoms with Gasteiger partial charge in [0.15, 0.2) is 12.6 Å². The van der Waals surface area contributed by atoms with Gasteiger partial charge in [0.25, 0.3) is 0 Å². The van der Waals surface area contributed by atoms with E-state index in [0.29, 0.717) is 5.56 Å². The lowest BCUT2D eigenvalue weighted by atomic mass is 9.98. The van der Waals surface area contributed by atoms with Crippen molar-refractivity contribution in [3.8, 4) is 22.3 Å². The fraction of sp³-hybridized carbons (Fsp3) is 0.250. The first-order valence-corrected chi connectivity index (χ1v) is 23.5. The average molecular weight is 875 g/mol. The first-order chi connectivity index (χ1) is 30.2. The van der Waals surface area contributed by atoms with Crippen molar-refractivity contribution in [3.63, 3.8) is 0 Å². The molecule has 0 radical (unpaired) electrons. The van der Waals surface area contributed by atoms with Gasteiger partial charge in [-0.05, 0) is 50.1 Å². The van der Waals surface area contributed by atoms with Crippen LogP contribution in [0.25, 0.3) is 22.3 Å². The zero-order valence-electron chi connectivity index (χ0n) is 33.3. The molecule has 0 saturated carbocycles. The van der Waals surface area contributed by atoms with Crippen LogP contribution in [-0.4, -0.2) is 60.3 Å². The molecule has 8 atom stereocenters. The minimum Gasteiger partial charge on any atom is -0.346 e. The Bertz CT molecular complexity index is 2540. The standard InChI is InChI=1S/C48H44O12P2/c49-61(50,55-28-41-37-23-11-7-19-33(37)34-20-8-12-24-38(34)41)59-45-44-43(30-54-47(58-44)32-17-5-2-6-18-32)57-48(53-27-31-15-3-1-4-16-31)46(45)60-62(51,52)56-29-42-39-25-13-9-21-35(39)36-22-10-14-26-40(36)42/h1-26,41-48H,27-30H2,(H,49,50)(H,51,52)/t43-,44+,45+,46-,47?,48-/m1/s1. The lowest BCUT2D eigenvalue weighted by Gasteiger charge is -2.48. The van der Waals surface area contributed by atoms with E-state index < -0.39 is 52.6 Å². The summed E-state index contributed by atoms with van der Waals surface area (Å²) < 4.78 is 77.7. The minimum atomic E-state index is -5.04. The molecular weight excluding hydrogens is 830 g/mol. The van der Waals surface area contributed by atoms with Crippen molar-refractivity contribution in [1.29, 1.82) is 0 Å². The molecule has 14 heteroatoms. The number of phosphoric ester groups is 2. The smallest absolute Gasteiger partial charge is 0.346 e. The highest BCUT2D eigenvalue weighted by Gasteiger charge is 2.56. The van der Waals surface area contributed by atoms with Gasteiger partial charge in [-0.2, -0.15) is 0 Å². The van der Waals surface area contributed by atoms with Crippen LogP contribution in [0.4, 0.5) is 0 Å². The Morgan fingerprint density at radius 1 is 0.532 bits per heavy atom. The monoisotopic (exact) mass is 874 g/mol. The van der Waals surface area contributed by atoms with E-state index in [0.717, 1.165) is 50.1 Å². The van der Waals surface area contributed by atoms with Gasteiger partial charge in [-0.1, -0.05) is 158 Å². The predicted molar refractivity (Wildman–Crippen MR) is 229 cm³/mol. The van der Waals surface area contributed by atoms with E-state index in [4.69, 9.17) is 37.0 Å². The highest BCUT2D eigenvalue weighted by atomic mass is 31.2. The highest BCUT2D eigenvalue weighted by molar-refractivity contribution is 7.47. The highest BCUT2D eigenvalue weighted by Crippen LogP contribution is 2.56. The minimum absolute atomic E-state index is 0.0101. The van der Waals surface area contributed by atoms with Crippen LogP contribution in [0.5, 0.6) is 0 Å². The Morgan fingerprint density at radius 2 is 0.968 bits per heavy atom. The molecule has 2 aliphatic carbocycles. The van der Waals surface area contributed by atoms with Crippen LogP contribution >= 0.6 is 15.6 Å². The largest absolute Gasteiger partial charge is 0.472 e. The summed E-state index contributed by atoms with van der Waals surface area (Å²) in [5, 5.41) is 0. The summed E-state index contributed by atoms with van der Waals surface area (Å²) in [7, 11) is -10.1. The van der Waals surface area contributed by atoms with Crippen molar-refractivity contribution in [3.05, 3.63) is 191 Å². The number of rotatable bonds is 14. The Kier molecular flexibility index (Phi) is 11.7. The van der Waals surface area contributed by atoms with E-state index >= 15 is 0 Å². The van der Waals surface area contributed by atoms with Gasteiger partial charge in [0, 0.05) is 17.4 Å². The second-order valence-electron chi connectivity index (χ2n) is 15.6. The number of hydrogen-bond acceptors (Lipinski definition) is 10. The topological polar surface area (TPSA) is 148 Å². The molecule has 4 aliphatic rings. The van der Waals surface area contributed by atoms with Gasteiger partial charge in [0.1, 0.15) is 24.4 Å². The van der Waals surface area contributed by atoms with Gasteiger partial charge >= 0.3 is 15.6 Å². The fourth-order valence-corrected chi connectivity index (χ4v) is 10.9. The van der Waals surface area contributed by atoms with Gasteiger partial charge in [-0.15, -0.1) is 0 Å². The zero-order chi connectivity index (χ0) is 42.3. The van der Waals surface area contributed by atoms with Crippen LogP contribution in [0.3, 0.4) is 0 Å². The van der Waals surface area contributed by atoms with Crippen molar-refractivity contribution in [1.82, 2.24) is 0 Å². The first kappa shape index (κ1) is 41.4. The van der Waals surface area contributed by atoms with Gasteiger partial charge < -0.3 is 28.7 Å². The molecule has 2 heterocycles. The lowest BCUT2D eigenvalue weighted by Crippen LogP contribution is -2.63. The quantitative estimate of drug-likeness (QED) is 0.100. The zero-order valence-corrected chi connectivity index (χ0v) is 35.1. The molecule has 2 N–H and O–H groups in total. The molecular formula is C48H44O12P2. The maximum absolute atomic E-state index is 14.3. The fourth-order valence-electron chi connectivity index (χ4n) is 9.03. The summed E-state index contributed by atoms with van der Waals surface area (Å²) in [5.74, 6) is -0.750. The number of ether oxygens (including phenoxy) is 4. The molecule has 0 amide bonds. The number of fused-ring (bicyclic) bond motifs is 7. The second kappa shape index (κ2) is 17.5. The summed E-state index contributed by atoms with van der Waals surface area (Å²) >= 11 is 0. The molecule has 10 rings (SSSR count). The van der Waals surface area contributed by atoms with Crippen molar-refractivity contribution in [2.45, 2.75) is 55.4 Å². The molecule has 2 aliphatic heterocycles. The van der Waals surface area contributed by atoms with E-state index in [1.165, 1.54) is 0 Å². The molecule has 3 unspecified atom stereocenters. The number of phosphoric acid groups is 2. The summed E-state index contributed by atoms with van der Waals surface area (Å²) in [4.78, 5) is 23.3. The van der Waals surface area contributed by atoms with Crippen LogP contribution in [0.15, 0.2) is 158 Å². The molecule has 2 saturated heterocycles. The van der Waals surface area contributed by atoms with Crippen LogP contribution in [-0.2, 0) is 52.8 Å². The average Bonchev–Trinajstić information content (AvgIpc) is 3.80. The normalized spacial score (nSPS) is 24.8. The Labute approximate surface area is 359 Å². The van der Waals surface area contributed by atoms with E-state index in [1.807, 2.05) is 158 Å². The summed E-state index contributed by atoms with van der Waals surface area (Å²) in [6.45, 7) is -0.470. The third-order valence-corrected chi connectivity index (χ3v) is 13.8. The predicted octanol–water partition coefficient (Wildman–Crippen LogP) is 9.67. The molecule has 318 valence electrons. The van der Waals surface area contributed by atoms with E-state index in [9.17, 15) is 18.9 Å². The SMILES string of the molecule is O=P(O)(OCC1c2ccccc2-c2ccccc21)O[C@H]1[C@H]2OC(c3ccccc3)OC[C@H]2O[C@@H](OCc2ccccc2)[C@@H]1OP(=O)(O)OCC1c2ccccc2-c2ccccc21. The lowest BCUT2D eigenvalue weighted by molar-refractivity contribution is -0.358. The number of hydrogen-bond donors (Lipinski definition) is 2. The van der Waals surface area contributed by atoms with E-state index in [2.05, 4.69) is 0 Å². The summed E-state index contributed by atoms with van der Waals surface area (Å²) in [6.07, 6.45) is -7.74.